The fourth-order valence-corrected chi connectivity index (χ4v) is 5.57. The third-order valence-electron chi connectivity index (χ3n) is 6.93. The van der Waals surface area contributed by atoms with Gasteiger partial charge in [-0.3, -0.25) is 0 Å². The summed E-state index contributed by atoms with van der Waals surface area (Å²) in [7, 11) is 0.293. The monoisotopic (exact) mass is 454 g/mol. The van der Waals surface area contributed by atoms with Crippen molar-refractivity contribution in [3.05, 3.63) is 59.2 Å². The van der Waals surface area contributed by atoms with Crippen LogP contribution in [0.2, 0.25) is 0 Å². The molecule has 3 rings (SSSR count). The third kappa shape index (κ3) is 6.07. The Hall–Kier alpha value is -1.53. The van der Waals surface area contributed by atoms with Crippen LogP contribution in [0.4, 0.5) is 0 Å². The molecular formula is C29H43O2P. The summed E-state index contributed by atoms with van der Waals surface area (Å²) in [6.07, 6.45) is 5.74. The van der Waals surface area contributed by atoms with Crippen molar-refractivity contribution in [3.8, 4) is 11.5 Å². The molecule has 3 heteroatoms. The van der Waals surface area contributed by atoms with Crippen molar-refractivity contribution in [2.75, 3.05) is 0 Å². The van der Waals surface area contributed by atoms with Crippen LogP contribution in [0.3, 0.4) is 0 Å². The number of benzene rings is 2. The lowest BCUT2D eigenvalue weighted by Gasteiger charge is -2.35. The normalized spacial score (nSPS) is 19.2. The van der Waals surface area contributed by atoms with E-state index < -0.39 is 0 Å². The average molecular weight is 455 g/mol. The highest BCUT2D eigenvalue weighted by atomic mass is 31.1. The Morgan fingerprint density at radius 1 is 1.00 bits per heavy atom. The minimum absolute atomic E-state index is 0.0987. The Balaban J connectivity index is 1.77. The van der Waals surface area contributed by atoms with Crippen LogP contribution in [0.15, 0.2) is 42.5 Å². The highest BCUT2D eigenvalue weighted by Gasteiger charge is 2.31. The number of hydrogen-bond donors (Lipinski definition) is 0. The summed E-state index contributed by atoms with van der Waals surface area (Å²) in [5.74, 6) is 2.07. The second-order valence-corrected chi connectivity index (χ2v) is 12.8. The lowest BCUT2D eigenvalue weighted by atomic mass is 9.74. The predicted octanol–water partition coefficient (Wildman–Crippen LogP) is 8.90. The van der Waals surface area contributed by atoms with Gasteiger partial charge in [-0.15, -0.1) is 0 Å². The molecule has 1 aliphatic rings. The van der Waals surface area contributed by atoms with Crippen molar-refractivity contribution in [3.63, 3.8) is 0 Å². The van der Waals surface area contributed by atoms with Crippen LogP contribution in [0, 0.1) is 0 Å². The summed E-state index contributed by atoms with van der Waals surface area (Å²) in [4.78, 5) is 0. The van der Waals surface area contributed by atoms with Crippen LogP contribution >= 0.6 is 8.81 Å². The van der Waals surface area contributed by atoms with E-state index in [1.807, 2.05) is 0 Å². The molecule has 1 heterocycles. The van der Waals surface area contributed by atoms with Crippen molar-refractivity contribution < 1.29 is 9.26 Å². The number of hydrogen-bond acceptors (Lipinski definition) is 2. The maximum Gasteiger partial charge on any atom is 0.150 e. The van der Waals surface area contributed by atoms with Crippen molar-refractivity contribution >= 4 is 8.81 Å². The Labute approximate surface area is 198 Å². The van der Waals surface area contributed by atoms with Gasteiger partial charge in [-0.1, -0.05) is 86.1 Å². The van der Waals surface area contributed by atoms with Crippen LogP contribution in [0.5, 0.6) is 11.5 Å². The van der Waals surface area contributed by atoms with E-state index in [1.54, 1.807) is 0 Å². The van der Waals surface area contributed by atoms with Crippen molar-refractivity contribution in [2.24, 2.45) is 0 Å². The molecule has 0 saturated heterocycles. The van der Waals surface area contributed by atoms with Crippen LogP contribution in [0.25, 0.3) is 0 Å². The molecule has 2 atom stereocenters. The average Bonchev–Trinajstić information content (AvgIpc) is 2.70. The largest absolute Gasteiger partial charge is 0.482 e. The molecule has 0 amide bonds. The quantitative estimate of drug-likeness (QED) is 0.406. The van der Waals surface area contributed by atoms with E-state index in [9.17, 15) is 0 Å². The lowest BCUT2D eigenvalue weighted by Crippen LogP contribution is -2.26. The van der Waals surface area contributed by atoms with Gasteiger partial charge in [0.1, 0.15) is 20.3 Å². The summed E-state index contributed by atoms with van der Waals surface area (Å²) in [6.45, 7) is 18.4. The molecule has 0 aromatic heterocycles. The first-order valence-electron chi connectivity index (χ1n) is 12.3. The van der Waals surface area contributed by atoms with Gasteiger partial charge in [0.05, 0.1) is 0 Å². The summed E-state index contributed by atoms with van der Waals surface area (Å²) in [5.41, 5.74) is 4.56. The van der Waals surface area contributed by atoms with Gasteiger partial charge in [-0.05, 0) is 71.3 Å². The second-order valence-electron chi connectivity index (χ2n) is 11.7. The summed E-state index contributed by atoms with van der Waals surface area (Å²) in [5, 5.41) is 0. The molecule has 0 N–H and O–H groups in total. The number of ether oxygens (including phenoxy) is 1. The van der Waals surface area contributed by atoms with Crippen molar-refractivity contribution in [1.29, 1.82) is 0 Å². The molecule has 0 bridgehead atoms. The molecule has 2 nitrogen and oxygen atoms in total. The van der Waals surface area contributed by atoms with E-state index in [2.05, 4.69) is 97.9 Å². The summed E-state index contributed by atoms with van der Waals surface area (Å²) < 4.78 is 12.8. The molecule has 176 valence electrons. The minimum atomic E-state index is 0.0987. The molecule has 2 aromatic carbocycles. The fraction of sp³-hybridized carbons (Fsp3) is 0.586. The summed E-state index contributed by atoms with van der Waals surface area (Å²) >= 11 is 0. The van der Waals surface area contributed by atoms with Gasteiger partial charge < -0.3 is 9.26 Å². The Kier molecular flexibility index (Phi) is 7.66. The highest BCUT2D eigenvalue weighted by Crippen LogP contribution is 2.43. The Morgan fingerprint density at radius 3 is 2.28 bits per heavy atom. The maximum absolute atomic E-state index is 6.59. The first kappa shape index (κ1) is 25.1. The zero-order valence-corrected chi connectivity index (χ0v) is 22.5. The zero-order chi connectivity index (χ0) is 23.6. The van der Waals surface area contributed by atoms with E-state index >= 15 is 0 Å². The maximum atomic E-state index is 6.59. The molecule has 2 aromatic rings. The molecule has 0 radical (unpaired) electrons. The Bertz CT molecular complexity index is 890. The number of rotatable bonds is 6. The van der Waals surface area contributed by atoms with Crippen LogP contribution in [-0.2, 0) is 16.2 Å². The van der Waals surface area contributed by atoms with E-state index in [1.165, 1.54) is 36.0 Å². The topological polar surface area (TPSA) is 18.5 Å². The standard InChI is InChI=1S/C29H43O2P/c1-9-18-28(5,6)22-14-17-25-24(20-22)29(7,8)19-10-11-26(30-25)32-31-23-15-12-21(13-16-23)27(2,3)4/h12-17,20,26,32H,9-11,18-19H2,1-8H3. The van der Waals surface area contributed by atoms with Gasteiger partial charge in [0.2, 0.25) is 0 Å². The van der Waals surface area contributed by atoms with Gasteiger partial charge in [0.15, 0.2) is 5.85 Å². The van der Waals surface area contributed by atoms with Gasteiger partial charge in [0.25, 0.3) is 0 Å². The molecule has 0 fully saturated rings. The van der Waals surface area contributed by atoms with E-state index in [0.29, 0.717) is 8.81 Å². The van der Waals surface area contributed by atoms with Gasteiger partial charge in [0, 0.05) is 5.56 Å². The van der Waals surface area contributed by atoms with E-state index in [-0.39, 0.29) is 22.1 Å². The molecule has 2 unspecified atom stereocenters. The second kappa shape index (κ2) is 9.76. The van der Waals surface area contributed by atoms with Gasteiger partial charge in [-0.2, -0.15) is 0 Å². The first-order chi connectivity index (χ1) is 14.9. The van der Waals surface area contributed by atoms with Gasteiger partial charge >= 0.3 is 0 Å². The first-order valence-corrected chi connectivity index (χ1v) is 13.3. The van der Waals surface area contributed by atoms with Crippen LogP contribution in [0.1, 0.15) is 104 Å². The molecule has 32 heavy (non-hydrogen) atoms. The minimum Gasteiger partial charge on any atom is -0.482 e. The van der Waals surface area contributed by atoms with Gasteiger partial charge in [-0.25, -0.2) is 0 Å². The van der Waals surface area contributed by atoms with E-state index in [0.717, 1.165) is 24.3 Å². The molecule has 0 saturated carbocycles. The molecule has 1 aliphatic heterocycles. The lowest BCUT2D eigenvalue weighted by molar-refractivity contribution is 0.233. The SMILES string of the molecule is CCCC(C)(C)c1ccc2c(c1)C(C)(C)CCCC(POc1ccc(C(C)(C)C)cc1)O2. The molecule has 0 spiro atoms. The fourth-order valence-electron chi connectivity index (χ4n) is 4.67. The third-order valence-corrected chi connectivity index (χ3v) is 7.95. The smallest absolute Gasteiger partial charge is 0.150 e. The molecular weight excluding hydrogens is 411 g/mol. The predicted molar refractivity (Wildman–Crippen MR) is 140 cm³/mol. The summed E-state index contributed by atoms with van der Waals surface area (Å²) in [6, 6.07) is 15.4. The molecule has 0 aliphatic carbocycles. The van der Waals surface area contributed by atoms with Crippen molar-refractivity contribution in [2.45, 2.75) is 110 Å². The van der Waals surface area contributed by atoms with Crippen LogP contribution in [-0.4, -0.2) is 5.85 Å². The van der Waals surface area contributed by atoms with E-state index in [4.69, 9.17) is 9.26 Å². The zero-order valence-electron chi connectivity index (χ0n) is 21.5. The highest BCUT2D eigenvalue weighted by molar-refractivity contribution is 7.33. The number of fused-ring (bicyclic) bond motifs is 1. The van der Waals surface area contributed by atoms with Crippen molar-refractivity contribution in [1.82, 2.24) is 0 Å². The van der Waals surface area contributed by atoms with Crippen LogP contribution < -0.4 is 9.26 Å². The Morgan fingerprint density at radius 2 is 1.66 bits per heavy atom.